The molecule has 1 fully saturated rings. The molecule has 0 bridgehead atoms. The zero-order valence-corrected chi connectivity index (χ0v) is 10.8. The zero-order valence-electron chi connectivity index (χ0n) is 7.75. The van der Waals surface area contributed by atoms with E-state index in [0.717, 1.165) is 0 Å². The Balaban J connectivity index is 2.33. The Bertz CT molecular complexity index is 458. The molecule has 0 amide bonds. The molecule has 0 heterocycles. The molecule has 0 aromatic heterocycles. The fourth-order valence-corrected chi connectivity index (χ4v) is 2.88. The molecule has 1 aromatic carbocycles. The normalized spacial score (nSPS) is 26.5. The second-order valence-corrected chi connectivity index (χ2v) is 5.90. The molecule has 0 unspecified atom stereocenters. The van der Waals surface area contributed by atoms with Crippen LogP contribution in [-0.4, -0.2) is 15.4 Å². The van der Waals surface area contributed by atoms with Gasteiger partial charge in [0.25, 0.3) is 0 Å². The van der Waals surface area contributed by atoms with Crippen LogP contribution in [-0.2, 0) is 4.79 Å². The van der Waals surface area contributed by atoms with Gasteiger partial charge in [-0.05, 0) is 17.7 Å². The summed E-state index contributed by atoms with van der Waals surface area (Å²) in [4.78, 5) is 10.9. The maximum absolute atomic E-state index is 10.9. The molecule has 2 nitrogen and oxygen atoms in total. The number of hydrogen-bond donors (Lipinski definition) is 1. The van der Waals surface area contributed by atoms with Crippen molar-refractivity contribution in [3.05, 3.63) is 33.8 Å². The Labute approximate surface area is 112 Å². The number of halogens is 4. The van der Waals surface area contributed by atoms with Gasteiger partial charge in [0, 0.05) is 5.92 Å². The molecule has 6 heteroatoms. The van der Waals surface area contributed by atoms with Crippen LogP contribution in [0.2, 0.25) is 10.0 Å². The van der Waals surface area contributed by atoms with Crippen LogP contribution in [0.15, 0.2) is 18.2 Å². The van der Waals surface area contributed by atoms with Gasteiger partial charge in [-0.2, -0.15) is 0 Å². The molecule has 1 aromatic rings. The van der Waals surface area contributed by atoms with Gasteiger partial charge in [0.15, 0.2) is 0 Å². The van der Waals surface area contributed by atoms with Crippen molar-refractivity contribution in [3.8, 4) is 0 Å². The predicted octanol–water partition coefficient (Wildman–Crippen LogP) is 3.97. The van der Waals surface area contributed by atoms with E-state index in [4.69, 9.17) is 51.5 Å². The maximum atomic E-state index is 10.9. The second kappa shape index (κ2) is 3.95. The van der Waals surface area contributed by atoms with Crippen molar-refractivity contribution in [2.75, 3.05) is 0 Å². The molecule has 2 atom stereocenters. The first-order valence-corrected chi connectivity index (χ1v) is 5.92. The molecule has 16 heavy (non-hydrogen) atoms. The number of carbonyl (C=O) groups is 1. The molecular formula is C10H6Cl4O2. The summed E-state index contributed by atoms with van der Waals surface area (Å²) in [5, 5.41) is 9.69. The Hall–Kier alpha value is -0.150. The monoisotopic (exact) mass is 298 g/mol. The topological polar surface area (TPSA) is 37.3 Å². The lowest BCUT2D eigenvalue weighted by Crippen LogP contribution is -2.03. The first kappa shape index (κ1) is 12.3. The summed E-state index contributed by atoms with van der Waals surface area (Å²) in [6.45, 7) is 0. The highest BCUT2D eigenvalue weighted by Crippen LogP contribution is 2.65. The molecule has 1 N–H and O–H groups in total. The number of benzene rings is 1. The third kappa shape index (κ3) is 1.88. The molecule has 0 saturated heterocycles. The average molecular weight is 300 g/mol. The lowest BCUT2D eigenvalue weighted by Gasteiger charge is -2.02. The molecular weight excluding hydrogens is 294 g/mol. The van der Waals surface area contributed by atoms with Gasteiger partial charge in [-0.1, -0.05) is 52.5 Å². The number of aliphatic carboxylic acids is 1. The molecule has 0 spiro atoms. The van der Waals surface area contributed by atoms with Crippen LogP contribution in [0, 0.1) is 5.92 Å². The van der Waals surface area contributed by atoms with E-state index in [1.165, 1.54) is 0 Å². The summed E-state index contributed by atoms with van der Waals surface area (Å²) in [6.07, 6.45) is 0. The number of carboxylic acid groups (broad SMARTS) is 1. The number of alkyl halides is 2. The van der Waals surface area contributed by atoms with Gasteiger partial charge in [-0.15, -0.1) is 0 Å². The maximum Gasteiger partial charge on any atom is 0.310 e. The summed E-state index contributed by atoms with van der Waals surface area (Å²) in [6, 6.07) is 4.87. The minimum atomic E-state index is -1.26. The Morgan fingerprint density at radius 1 is 1.25 bits per heavy atom. The standard InChI is InChI=1S/C10H6Cl4O2/c11-5-2-1-4(3-6(5)12)7-8(9(15)16)10(7,13)14/h1-3,7-8H,(H,15,16)/t7-,8+/m1/s1. The smallest absolute Gasteiger partial charge is 0.310 e. The van der Waals surface area contributed by atoms with E-state index in [0.29, 0.717) is 15.6 Å². The summed E-state index contributed by atoms with van der Waals surface area (Å²) < 4.78 is -1.26. The fraction of sp³-hybridized carbons (Fsp3) is 0.300. The first-order valence-electron chi connectivity index (χ1n) is 4.41. The van der Waals surface area contributed by atoms with Crippen molar-refractivity contribution in [1.82, 2.24) is 0 Å². The van der Waals surface area contributed by atoms with Gasteiger partial charge in [0.05, 0.1) is 16.0 Å². The van der Waals surface area contributed by atoms with Crippen LogP contribution < -0.4 is 0 Å². The van der Waals surface area contributed by atoms with E-state index < -0.39 is 22.1 Å². The van der Waals surface area contributed by atoms with Gasteiger partial charge in [0.2, 0.25) is 0 Å². The van der Waals surface area contributed by atoms with Crippen molar-refractivity contribution in [2.45, 2.75) is 10.3 Å². The molecule has 0 aliphatic heterocycles. The van der Waals surface area contributed by atoms with Gasteiger partial charge < -0.3 is 5.11 Å². The van der Waals surface area contributed by atoms with E-state index in [1.54, 1.807) is 18.2 Å². The molecule has 2 rings (SSSR count). The second-order valence-electron chi connectivity index (χ2n) is 3.64. The minimum absolute atomic E-state index is 0.360. The summed E-state index contributed by atoms with van der Waals surface area (Å²) in [5.41, 5.74) is 0.687. The third-order valence-electron chi connectivity index (χ3n) is 2.62. The van der Waals surface area contributed by atoms with Crippen LogP contribution in [0.3, 0.4) is 0 Å². The molecule has 0 radical (unpaired) electrons. The van der Waals surface area contributed by atoms with Crippen molar-refractivity contribution >= 4 is 52.4 Å². The molecule has 1 saturated carbocycles. The van der Waals surface area contributed by atoms with Gasteiger partial charge in [-0.3, -0.25) is 4.79 Å². The van der Waals surface area contributed by atoms with Crippen molar-refractivity contribution in [1.29, 1.82) is 0 Å². The van der Waals surface area contributed by atoms with Gasteiger partial charge in [0.1, 0.15) is 4.33 Å². The van der Waals surface area contributed by atoms with Gasteiger partial charge >= 0.3 is 5.97 Å². The SMILES string of the molecule is O=C(O)[C@@H]1[C@@H](c2ccc(Cl)c(Cl)c2)C1(Cl)Cl. The van der Waals surface area contributed by atoms with E-state index in [1.807, 2.05) is 0 Å². The van der Waals surface area contributed by atoms with E-state index >= 15 is 0 Å². The minimum Gasteiger partial charge on any atom is -0.481 e. The highest BCUT2D eigenvalue weighted by molar-refractivity contribution is 6.53. The Morgan fingerprint density at radius 2 is 1.88 bits per heavy atom. The van der Waals surface area contributed by atoms with Crippen LogP contribution in [0.4, 0.5) is 0 Å². The summed E-state index contributed by atoms with van der Waals surface area (Å²) in [7, 11) is 0. The fourth-order valence-electron chi connectivity index (χ4n) is 1.75. The number of rotatable bonds is 2. The van der Waals surface area contributed by atoms with Crippen LogP contribution in [0.5, 0.6) is 0 Å². The Morgan fingerprint density at radius 3 is 2.31 bits per heavy atom. The summed E-state index contributed by atoms with van der Waals surface area (Å²) >= 11 is 23.4. The highest BCUT2D eigenvalue weighted by atomic mass is 35.5. The number of hydrogen-bond acceptors (Lipinski definition) is 1. The average Bonchev–Trinajstić information content (AvgIpc) is 2.74. The largest absolute Gasteiger partial charge is 0.481 e. The highest BCUT2D eigenvalue weighted by Gasteiger charge is 2.68. The van der Waals surface area contributed by atoms with Crippen molar-refractivity contribution < 1.29 is 9.90 Å². The number of carboxylic acids is 1. The van der Waals surface area contributed by atoms with Crippen molar-refractivity contribution in [3.63, 3.8) is 0 Å². The summed E-state index contributed by atoms with van der Waals surface area (Å²) in [5.74, 6) is -2.25. The zero-order chi connectivity index (χ0) is 12.1. The predicted molar refractivity (Wildman–Crippen MR) is 64.8 cm³/mol. The Kier molecular flexibility index (Phi) is 3.04. The van der Waals surface area contributed by atoms with Crippen LogP contribution >= 0.6 is 46.4 Å². The molecule has 86 valence electrons. The van der Waals surface area contributed by atoms with E-state index in [2.05, 4.69) is 0 Å². The lowest BCUT2D eigenvalue weighted by atomic mass is 10.1. The third-order valence-corrected chi connectivity index (χ3v) is 4.30. The lowest BCUT2D eigenvalue weighted by molar-refractivity contribution is -0.138. The van der Waals surface area contributed by atoms with E-state index in [-0.39, 0.29) is 0 Å². The van der Waals surface area contributed by atoms with Crippen LogP contribution in [0.25, 0.3) is 0 Å². The van der Waals surface area contributed by atoms with Crippen LogP contribution in [0.1, 0.15) is 11.5 Å². The van der Waals surface area contributed by atoms with E-state index in [9.17, 15) is 4.79 Å². The quantitative estimate of drug-likeness (QED) is 0.839. The van der Waals surface area contributed by atoms with Crippen molar-refractivity contribution in [2.24, 2.45) is 5.92 Å². The molecule has 1 aliphatic carbocycles. The first-order chi connectivity index (χ1) is 7.35. The molecule has 1 aliphatic rings. The van der Waals surface area contributed by atoms with Gasteiger partial charge in [-0.25, -0.2) is 0 Å².